The second-order valence-corrected chi connectivity index (χ2v) is 5.32. The number of hydrogen-bond donors (Lipinski definition) is 0. The van der Waals surface area contributed by atoms with Gasteiger partial charge in [0, 0.05) is 12.2 Å². The quantitative estimate of drug-likeness (QED) is 0.674. The van der Waals surface area contributed by atoms with Gasteiger partial charge in [0.15, 0.2) is 5.78 Å². The Labute approximate surface area is 123 Å². The average molecular weight is 329 g/mol. The first-order valence-corrected chi connectivity index (χ1v) is 7.36. The fraction of sp³-hybridized carbons (Fsp3) is 0.533. The van der Waals surface area contributed by atoms with Crippen molar-refractivity contribution in [1.82, 2.24) is 0 Å². The van der Waals surface area contributed by atoms with E-state index in [2.05, 4.69) is 29.8 Å². The standard InChI is InChI=1S/C15H21BrO3/c1-4-11(5-2)9-19-10-14(17)12-6-7-15(18-3)13(16)8-12/h6-8,11H,4-5,9-10H2,1-3H3. The molecule has 0 aliphatic heterocycles. The van der Waals surface area contributed by atoms with Gasteiger partial charge < -0.3 is 9.47 Å². The fourth-order valence-corrected chi connectivity index (χ4v) is 2.31. The lowest BCUT2D eigenvalue weighted by atomic mass is 10.1. The molecule has 3 nitrogen and oxygen atoms in total. The van der Waals surface area contributed by atoms with Crippen molar-refractivity contribution in [3.63, 3.8) is 0 Å². The van der Waals surface area contributed by atoms with Crippen molar-refractivity contribution >= 4 is 21.7 Å². The van der Waals surface area contributed by atoms with Gasteiger partial charge in [-0.2, -0.15) is 0 Å². The normalized spacial score (nSPS) is 10.8. The van der Waals surface area contributed by atoms with Crippen molar-refractivity contribution < 1.29 is 14.3 Å². The Hall–Kier alpha value is -0.870. The smallest absolute Gasteiger partial charge is 0.188 e. The van der Waals surface area contributed by atoms with Crippen molar-refractivity contribution in [1.29, 1.82) is 0 Å². The van der Waals surface area contributed by atoms with Crippen LogP contribution in [0.2, 0.25) is 0 Å². The first-order valence-electron chi connectivity index (χ1n) is 6.56. The lowest BCUT2D eigenvalue weighted by molar-refractivity contribution is 0.0666. The molecule has 0 amide bonds. The molecule has 0 saturated heterocycles. The molecule has 0 aliphatic carbocycles. The molecule has 0 atom stereocenters. The first kappa shape index (κ1) is 16.2. The number of halogens is 1. The van der Waals surface area contributed by atoms with Gasteiger partial charge in [0.05, 0.1) is 11.6 Å². The predicted octanol–water partition coefficient (Wildman–Crippen LogP) is 4.09. The number of carbonyl (C=O) groups is 1. The number of ether oxygens (including phenoxy) is 2. The van der Waals surface area contributed by atoms with Crippen LogP contribution in [0.5, 0.6) is 5.75 Å². The van der Waals surface area contributed by atoms with Gasteiger partial charge in [0.25, 0.3) is 0 Å². The first-order chi connectivity index (χ1) is 9.12. The van der Waals surface area contributed by atoms with E-state index in [9.17, 15) is 4.79 Å². The number of carbonyl (C=O) groups excluding carboxylic acids is 1. The Morgan fingerprint density at radius 3 is 2.53 bits per heavy atom. The number of hydrogen-bond acceptors (Lipinski definition) is 3. The summed E-state index contributed by atoms with van der Waals surface area (Å²) in [4.78, 5) is 12.0. The summed E-state index contributed by atoms with van der Waals surface area (Å²) in [6, 6.07) is 5.30. The summed E-state index contributed by atoms with van der Waals surface area (Å²) in [5.74, 6) is 1.25. The number of ketones is 1. The van der Waals surface area contributed by atoms with E-state index in [1.807, 2.05) is 0 Å². The maximum absolute atomic E-state index is 12.0. The van der Waals surface area contributed by atoms with Gasteiger partial charge in [-0.25, -0.2) is 0 Å². The molecule has 0 N–H and O–H groups in total. The minimum atomic E-state index is -0.00527. The summed E-state index contributed by atoms with van der Waals surface area (Å²) in [6.07, 6.45) is 2.16. The lowest BCUT2D eigenvalue weighted by Crippen LogP contribution is -2.14. The number of rotatable bonds is 8. The van der Waals surface area contributed by atoms with E-state index >= 15 is 0 Å². The Kier molecular flexibility index (Phi) is 7.10. The van der Waals surface area contributed by atoms with Crippen molar-refractivity contribution in [3.05, 3.63) is 28.2 Å². The summed E-state index contributed by atoms with van der Waals surface area (Å²) in [5, 5.41) is 0. The van der Waals surface area contributed by atoms with Crippen LogP contribution in [0, 0.1) is 5.92 Å². The highest BCUT2D eigenvalue weighted by atomic mass is 79.9. The molecule has 4 heteroatoms. The molecule has 0 aliphatic rings. The van der Waals surface area contributed by atoms with Gasteiger partial charge in [0.1, 0.15) is 12.4 Å². The zero-order chi connectivity index (χ0) is 14.3. The lowest BCUT2D eigenvalue weighted by Gasteiger charge is -2.12. The number of benzene rings is 1. The van der Waals surface area contributed by atoms with Gasteiger partial charge in [0.2, 0.25) is 0 Å². The van der Waals surface area contributed by atoms with E-state index in [1.54, 1.807) is 25.3 Å². The van der Waals surface area contributed by atoms with E-state index < -0.39 is 0 Å². The van der Waals surface area contributed by atoms with Gasteiger partial charge in [-0.15, -0.1) is 0 Å². The molecule has 0 bridgehead atoms. The number of Topliss-reactive ketones (excluding diaryl/α,β-unsaturated/α-hetero) is 1. The minimum absolute atomic E-state index is 0.00527. The predicted molar refractivity (Wildman–Crippen MR) is 79.9 cm³/mol. The minimum Gasteiger partial charge on any atom is -0.496 e. The van der Waals surface area contributed by atoms with Crippen LogP contribution >= 0.6 is 15.9 Å². The molecule has 1 rings (SSSR count). The molecule has 1 aromatic carbocycles. The van der Waals surface area contributed by atoms with Crippen molar-refractivity contribution in [2.45, 2.75) is 26.7 Å². The monoisotopic (exact) mass is 328 g/mol. The van der Waals surface area contributed by atoms with Gasteiger partial charge in [-0.1, -0.05) is 26.7 Å². The molecule has 19 heavy (non-hydrogen) atoms. The molecule has 0 saturated carbocycles. The maximum atomic E-state index is 12.0. The van der Waals surface area contributed by atoms with E-state index in [4.69, 9.17) is 9.47 Å². The summed E-state index contributed by atoms with van der Waals surface area (Å²) < 4.78 is 11.4. The molecule has 0 unspecified atom stereocenters. The number of methoxy groups -OCH3 is 1. The molecule has 106 valence electrons. The van der Waals surface area contributed by atoms with E-state index in [0.29, 0.717) is 18.1 Å². The van der Waals surface area contributed by atoms with Crippen molar-refractivity contribution in [2.75, 3.05) is 20.3 Å². The van der Waals surface area contributed by atoms with Gasteiger partial charge in [-0.05, 0) is 40.0 Å². The third-order valence-electron chi connectivity index (χ3n) is 3.22. The SMILES string of the molecule is CCC(CC)COCC(=O)c1ccc(OC)c(Br)c1. The van der Waals surface area contributed by atoms with Crippen LogP contribution in [0.25, 0.3) is 0 Å². The molecule has 0 aromatic heterocycles. The highest BCUT2D eigenvalue weighted by molar-refractivity contribution is 9.10. The largest absolute Gasteiger partial charge is 0.496 e. The van der Waals surface area contributed by atoms with Crippen LogP contribution < -0.4 is 4.74 Å². The molecule has 0 heterocycles. The zero-order valence-corrected chi connectivity index (χ0v) is 13.3. The van der Waals surface area contributed by atoms with Gasteiger partial charge in [-0.3, -0.25) is 4.79 Å². The van der Waals surface area contributed by atoms with E-state index in [-0.39, 0.29) is 12.4 Å². The third-order valence-corrected chi connectivity index (χ3v) is 3.83. The van der Waals surface area contributed by atoms with Crippen LogP contribution in [0.1, 0.15) is 37.0 Å². The molecular weight excluding hydrogens is 308 g/mol. The van der Waals surface area contributed by atoms with Crippen LogP contribution in [0.4, 0.5) is 0 Å². The molecular formula is C15H21BrO3. The third kappa shape index (κ3) is 4.96. The summed E-state index contributed by atoms with van der Waals surface area (Å²) in [5.41, 5.74) is 0.636. The average Bonchev–Trinajstić information content (AvgIpc) is 2.43. The van der Waals surface area contributed by atoms with Crippen LogP contribution in [-0.4, -0.2) is 26.1 Å². The topological polar surface area (TPSA) is 35.5 Å². The Bertz CT molecular complexity index is 414. The van der Waals surface area contributed by atoms with Crippen LogP contribution in [0.15, 0.2) is 22.7 Å². The molecule has 0 fully saturated rings. The molecule has 1 aromatic rings. The van der Waals surface area contributed by atoms with Crippen molar-refractivity contribution in [3.8, 4) is 5.75 Å². The van der Waals surface area contributed by atoms with E-state index in [1.165, 1.54) is 0 Å². The fourth-order valence-electron chi connectivity index (χ4n) is 1.77. The molecule has 0 spiro atoms. The maximum Gasteiger partial charge on any atom is 0.188 e. The summed E-state index contributed by atoms with van der Waals surface area (Å²) in [7, 11) is 1.60. The zero-order valence-electron chi connectivity index (χ0n) is 11.7. The highest BCUT2D eigenvalue weighted by Gasteiger charge is 2.10. The second kappa shape index (κ2) is 8.33. The summed E-state index contributed by atoms with van der Waals surface area (Å²) >= 11 is 3.37. The van der Waals surface area contributed by atoms with Crippen molar-refractivity contribution in [2.24, 2.45) is 5.92 Å². The summed E-state index contributed by atoms with van der Waals surface area (Å²) in [6.45, 7) is 5.06. The van der Waals surface area contributed by atoms with E-state index in [0.717, 1.165) is 23.1 Å². The molecule has 0 radical (unpaired) electrons. The second-order valence-electron chi connectivity index (χ2n) is 4.47. The van der Waals surface area contributed by atoms with Gasteiger partial charge >= 0.3 is 0 Å². The Morgan fingerprint density at radius 1 is 1.32 bits per heavy atom. The van der Waals surface area contributed by atoms with Crippen LogP contribution in [0.3, 0.4) is 0 Å². The highest BCUT2D eigenvalue weighted by Crippen LogP contribution is 2.25. The van der Waals surface area contributed by atoms with Crippen LogP contribution in [-0.2, 0) is 4.74 Å². The Morgan fingerprint density at radius 2 is 2.00 bits per heavy atom. The Balaban J connectivity index is 2.52.